The van der Waals surface area contributed by atoms with Gasteiger partial charge in [0.05, 0.1) is 46.2 Å². The van der Waals surface area contributed by atoms with E-state index in [1.807, 2.05) is 67.1 Å². The van der Waals surface area contributed by atoms with Crippen molar-refractivity contribution in [3.05, 3.63) is 107 Å². The summed E-state index contributed by atoms with van der Waals surface area (Å²) >= 11 is 0. The fourth-order valence-electron chi connectivity index (χ4n) is 3.68. The molecule has 6 heteroatoms. The molecule has 5 aliphatic heterocycles. The molecule has 5 aliphatic rings. The zero-order valence-corrected chi connectivity index (χ0v) is 16.1. The van der Waals surface area contributed by atoms with Crippen LogP contribution >= 0.6 is 0 Å². The first-order chi connectivity index (χ1) is 14.7. The minimum absolute atomic E-state index is 0.737. The average molecular weight is 390 g/mol. The molecule has 6 heterocycles. The van der Waals surface area contributed by atoms with Gasteiger partial charge in [0.1, 0.15) is 0 Å². The third-order valence-electron chi connectivity index (χ3n) is 5.05. The van der Waals surface area contributed by atoms with E-state index >= 15 is 0 Å². The molecule has 0 radical (unpaired) electrons. The SMILES string of the molecule is C1=CC2=NC1=CC1=NC(=CN3C=CN(C=c4ccc([nH]4)=CC4=NC(=C2)C=C4)C3)C=C1. The first kappa shape index (κ1) is 16.7. The minimum Gasteiger partial charge on any atom is -0.354 e. The Hall–Kier alpha value is -4.19. The highest BCUT2D eigenvalue weighted by molar-refractivity contribution is 6.20. The number of nitrogens with zero attached hydrogens (tertiary/aromatic N) is 5. The normalized spacial score (nSPS) is 20.9. The Morgan fingerprint density at radius 3 is 1.90 bits per heavy atom. The van der Waals surface area contributed by atoms with E-state index in [4.69, 9.17) is 0 Å². The van der Waals surface area contributed by atoms with Gasteiger partial charge in [-0.15, -0.1) is 0 Å². The summed E-state index contributed by atoms with van der Waals surface area (Å²) in [7, 11) is 0. The van der Waals surface area contributed by atoms with Crippen LogP contribution in [0, 0.1) is 0 Å². The molecule has 0 unspecified atom stereocenters. The number of allylic oxidation sites excluding steroid dienone is 8. The number of nitrogens with one attached hydrogen (secondary N) is 1. The maximum atomic E-state index is 4.69. The van der Waals surface area contributed by atoms with Gasteiger partial charge in [0.25, 0.3) is 0 Å². The summed E-state index contributed by atoms with van der Waals surface area (Å²) in [6.45, 7) is 0.737. The smallest absolute Gasteiger partial charge is 0.0979 e. The van der Waals surface area contributed by atoms with Crippen molar-refractivity contribution in [2.75, 3.05) is 6.67 Å². The molecule has 6 rings (SSSR count). The van der Waals surface area contributed by atoms with Crippen molar-refractivity contribution in [3.63, 3.8) is 0 Å². The van der Waals surface area contributed by atoms with Crippen molar-refractivity contribution in [2.24, 2.45) is 15.0 Å². The quantitative estimate of drug-likeness (QED) is 0.739. The van der Waals surface area contributed by atoms with E-state index in [0.717, 1.165) is 51.6 Å². The summed E-state index contributed by atoms with van der Waals surface area (Å²) in [6, 6.07) is 4.13. The van der Waals surface area contributed by atoms with Gasteiger partial charge in [-0.2, -0.15) is 0 Å². The molecule has 0 fully saturated rings. The standard InChI is InChI=1S/C24H18N6/c1-3-19-12-21-5-7-23(27-21)14-29-9-10-30(16-29)15-24-8-6-22(28-24)13-20-4-2-18(26-20)11-17(1)25-19/h1-15,27H,16H2. The Balaban J connectivity index is 1.43. The van der Waals surface area contributed by atoms with Crippen molar-refractivity contribution < 1.29 is 0 Å². The van der Waals surface area contributed by atoms with Crippen LogP contribution in [-0.2, 0) is 0 Å². The van der Waals surface area contributed by atoms with Crippen molar-refractivity contribution >= 4 is 29.4 Å². The average Bonchev–Trinajstić information content (AvgIpc) is 3.52. The summed E-state index contributed by atoms with van der Waals surface area (Å²) in [6.07, 6.45) is 26.3. The van der Waals surface area contributed by atoms with Crippen molar-refractivity contribution in [3.8, 4) is 0 Å². The summed E-state index contributed by atoms with van der Waals surface area (Å²) in [5.41, 5.74) is 5.40. The molecule has 0 amide bonds. The van der Waals surface area contributed by atoms with E-state index in [9.17, 15) is 0 Å². The van der Waals surface area contributed by atoms with Crippen LogP contribution in [0.1, 0.15) is 0 Å². The molecular weight excluding hydrogens is 372 g/mol. The number of aromatic amines is 1. The molecule has 0 aliphatic carbocycles. The number of rotatable bonds is 0. The van der Waals surface area contributed by atoms with Crippen LogP contribution < -0.4 is 10.7 Å². The van der Waals surface area contributed by atoms with E-state index in [0.29, 0.717) is 0 Å². The van der Waals surface area contributed by atoms with Gasteiger partial charge in [0, 0.05) is 30.1 Å². The fourth-order valence-corrected chi connectivity index (χ4v) is 3.68. The van der Waals surface area contributed by atoms with Crippen molar-refractivity contribution in [2.45, 2.75) is 0 Å². The lowest BCUT2D eigenvalue weighted by Crippen LogP contribution is -2.21. The molecule has 144 valence electrons. The number of aromatic nitrogens is 1. The maximum absolute atomic E-state index is 4.69. The predicted molar refractivity (Wildman–Crippen MR) is 121 cm³/mol. The number of H-pyrrole nitrogens is 1. The second-order valence-electron chi connectivity index (χ2n) is 7.41. The lowest BCUT2D eigenvalue weighted by Gasteiger charge is -2.14. The van der Waals surface area contributed by atoms with Crippen LogP contribution in [0.5, 0.6) is 0 Å². The van der Waals surface area contributed by atoms with E-state index in [-0.39, 0.29) is 0 Å². The molecule has 0 aromatic carbocycles. The fraction of sp³-hybridized carbons (Fsp3) is 0.0417. The monoisotopic (exact) mass is 390 g/mol. The Morgan fingerprint density at radius 1 is 0.600 bits per heavy atom. The maximum Gasteiger partial charge on any atom is 0.0979 e. The first-order valence-electron chi connectivity index (χ1n) is 9.79. The minimum atomic E-state index is 0.737. The highest BCUT2D eigenvalue weighted by Gasteiger charge is 2.12. The van der Waals surface area contributed by atoms with Crippen molar-refractivity contribution in [1.29, 1.82) is 0 Å². The van der Waals surface area contributed by atoms with Gasteiger partial charge in [0.15, 0.2) is 0 Å². The molecule has 0 atom stereocenters. The predicted octanol–water partition coefficient (Wildman–Crippen LogP) is 2.23. The number of hydrogen-bond acceptors (Lipinski definition) is 5. The molecule has 6 nitrogen and oxygen atoms in total. The van der Waals surface area contributed by atoms with E-state index in [1.54, 1.807) is 0 Å². The first-order valence-corrected chi connectivity index (χ1v) is 9.79. The van der Waals surface area contributed by atoms with Gasteiger partial charge >= 0.3 is 0 Å². The zero-order chi connectivity index (χ0) is 19.9. The third-order valence-corrected chi connectivity index (χ3v) is 5.05. The second kappa shape index (κ2) is 6.70. The largest absolute Gasteiger partial charge is 0.354 e. The molecule has 1 N–H and O–H groups in total. The van der Waals surface area contributed by atoms with Crippen molar-refractivity contribution in [1.82, 2.24) is 14.8 Å². The molecule has 1 aromatic heterocycles. The van der Waals surface area contributed by atoms with E-state index in [2.05, 4.69) is 54.3 Å². The molecular formula is C24H18N6. The Bertz CT molecular complexity index is 1360. The van der Waals surface area contributed by atoms with Gasteiger partial charge in [-0.3, -0.25) is 0 Å². The van der Waals surface area contributed by atoms with Crippen LogP contribution in [0.15, 0.2) is 111 Å². The topological polar surface area (TPSA) is 59.4 Å². The number of fused-ring (bicyclic) bond motifs is 7. The van der Waals surface area contributed by atoms with E-state index < -0.39 is 0 Å². The van der Waals surface area contributed by atoms with E-state index in [1.165, 1.54) is 0 Å². The number of aliphatic imine (C=N–C) groups is 3. The molecule has 0 saturated carbocycles. The van der Waals surface area contributed by atoms with Gasteiger partial charge < -0.3 is 14.8 Å². The molecule has 0 spiro atoms. The van der Waals surface area contributed by atoms with Crippen LogP contribution in [-0.4, -0.2) is 38.6 Å². The van der Waals surface area contributed by atoms with Gasteiger partial charge in [-0.25, -0.2) is 15.0 Å². The Kier molecular flexibility index (Phi) is 3.74. The zero-order valence-electron chi connectivity index (χ0n) is 16.1. The lowest BCUT2D eigenvalue weighted by molar-refractivity contribution is 0.411. The van der Waals surface area contributed by atoms with Crippen LogP contribution in [0.4, 0.5) is 0 Å². The number of hydrogen-bond donors (Lipinski definition) is 1. The molecule has 10 bridgehead atoms. The Morgan fingerprint density at radius 2 is 1.17 bits per heavy atom. The summed E-state index contributed by atoms with van der Waals surface area (Å²) in [5, 5.41) is 2.06. The molecule has 0 saturated heterocycles. The Labute approximate surface area is 173 Å². The third kappa shape index (κ3) is 3.35. The van der Waals surface area contributed by atoms with Crippen LogP contribution in [0.25, 0.3) is 12.3 Å². The van der Waals surface area contributed by atoms with Gasteiger partial charge in [-0.1, -0.05) is 0 Å². The van der Waals surface area contributed by atoms with Crippen LogP contribution in [0.3, 0.4) is 0 Å². The summed E-state index contributed by atoms with van der Waals surface area (Å²) < 4.78 is 0. The highest BCUT2D eigenvalue weighted by atomic mass is 15.3. The summed E-state index contributed by atoms with van der Waals surface area (Å²) in [5.74, 6) is 0. The van der Waals surface area contributed by atoms with Gasteiger partial charge in [-0.05, 0) is 66.8 Å². The summed E-state index contributed by atoms with van der Waals surface area (Å²) in [4.78, 5) is 21.7. The molecule has 30 heavy (non-hydrogen) atoms. The lowest BCUT2D eigenvalue weighted by atomic mass is 10.2. The van der Waals surface area contributed by atoms with Crippen LogP contribution in [0.2, 0.25) is 0 Å². The highest BCUT2D eigenvalue weighted by Crippen LogP contribution is 2.18. The second-order valence-corrected chi connectivity index (χ2v) is 7.41. The van der Waals surface area contributed by atoms with Gasteiger partial charge in [0.2, 0.25) is 0 Å². The molecule has 1 aromatic rings.